The number of aliphatic carboxylic acids is 4. The number of thioether (sulfide) groups is 1. The van der Waals surface area contributed by atoms with Gasteiger partial charge in [0.25, 0.3) is 0 Å². The van der Waals surface area contributed by atoms with Crippen LogP contribution in [0.2, 0.25) is 0 Å². The van der Waals surface area contributed by atoms with Gasteiger partial charge >= 0.3 is 23.9 Å². The van der Waals surface area contributed by atoms with Gasteiger partial charge in [0, 0.05) is 19.4 Å². The molecule has 0 unspecified atom stereocenters. The molecule has 0 aliphatic carbocycles. The zero-order valence-electron chi connectivity index (χ0n) is 49.7. The normalized spacial score (nSPS) is 14.9. The summed E-state index contributed by atoms with van der Waals surface area (Å²) in [5.74, 6) is -16.3. The molecule has 1 aromatic rings. The fourth-order valence-electron chi connectivity index (χ4n) is 8.33. The molecule has 11 atom stereocenters. The van der Waals surface area contributed by atoms with E-state index >= 15 is 0 Å². The lowest BCUT2D eigenvalue weighted by atomic mass is 9.99. The number of aliphatic hydroxyl groups excluding tert-OH is 1. The largest absolute Gasteiger partial charge is 0.481 e. The molecule has 0 spiro atoms. The molecule has 1 rings (SSSR count). The highest BCUT2D eigenvalue weighted by atomic mass is 32.2. The van der Waals surface area contributed by atoms with Gasteiger partial charge in [-0.15, -0.1) is 0 Å². The van der Waals surface area contributed by atoms with Gasteiger partial charge < -0.3 is 96.3 Å². The molecule has 87 heavy (non-hydrogen) atoms. The lowest BCUT2D eigenvalue weighted by Gasteiger charge is -2.30. The first-order valence-electron chi connectivity index (χ1n) is 28.1. The number of carbonyl (C=O) groups excluding carboxylic acids is 9. The summed E-state index contributed by atoms with van der Waals surface area (Å²) >= 11 is 1.26. The molecule has 0 bridgehead atoms. The fraction of sp³-hybridized carbons (Fsp3) is 0.630. The lowest BCUT2D eigenvalue weighted by molar-refractivity contribution is -0.143. The van der Waals surface area contributed by atoms with Crippen molar-refractivity contribution >= 4 is 94.8 Å². The Morgan fingerprint density at radius 2 is 0.977 bits per heavy atom. The monoisotopic (exact) mass is 1250 g/mol. The number of carboxylic acid groups (broad SMARTS) is 4. The maximum Gasteiger partial charge on any atom is 0.326 e. The molecular weight excluding hydrogens is 1160 g/mol. The number of benzene rings is 1. The van der Waals surface area contributed by atoms with Gasteiger partial charge in [-0.05, 0) is 94.2 Å². The van der Waals surface area contributed by atoms with E-state index in [1.807, 2.05) is 0 Å². The second-order valence-electron chi connectivity index (χ2n) is 21.3. The third-order valence-electron chi connectivity index (χ3n) is 13.0. The molecule has 488 valence electrons. The third kappa shape index (κ3) is 30.7. The number of unbranched alkanes of at least 4 members (excludes halogenated alkanes) is 1. The van der Waals surface area contributed by atoms with Crippen LogP contribution in [-0.2, 0) is 68.7 Å². The van der Waals surface area contributed by atoms with Crippen LogP contribution >= 0.6 is 11.8 Å². The van der Waals surface area contributed by atoms with E-state index in [9.17, 15) is 82.8 Å². The SMILES string of the molecule is CSCC[C@H](NC(=O)[C@@H](N)CC(=O)O)C(=O)N[C@@H](CC(=O)O)C(=O)N[C@@H](CCCCN)C(=O)N[C@H](C(=O)N[C@@H](CCC(=O)O)C(=O)N[C@H](C(=O)N[C@@H](Cc1ccccc1)C(=O)N[C@@H](CC(C)C)C(=O)N[C@@H](CCCN=C(N)N)C(=O)O)[C@@H](C)O)C(C)C. The van der Waals surface area contributed by atoms with Gasteiger partial charge in [-0.3, -0.25) is 62.5 Å². The summed E-state index contributed by atoms with van der Waals surface area (Å²) in [4.78, 5) is 176. The lowest BCUT2D eigenvalue weighted by Crippen LogP contribution is -2.62. The van der Waals surface area contributed by atoms with Crippen molar-refractivity contribution in [2.45, 2.75) is 178 Å². The molecule has 0 radical (unpaired) electrons. The Bertz CT molecular complexity index is 2520. The highest BCUT2D eigenvalue weighted by molar-refractivity contribution is 7.98. The van der Waals surface area contributed by atoms with Crippen molar-refractivity contribution in [2.24, 2.45) is 39.8 Å². The molecule has 0 saturated heterocycles. The molecule has 22 N–H and O–H groups in total. The number of rotatable bonds is 43. The van der Waals surface area contributed by atoms with E-state index in [0.29, 0.717) is 12.0 Å². The standard InChI is InChI=1S/C54H88N14O18S/c1-27(2)23-36(48(80)63-35(53(85)86)16-12-21-59-54(57)58)64-49(81)37(24-30-13-8-7-9-14-30)66-52(84)43(29(5)69)68-47(79)33(17-18-39(70)71)62-51(83)42(28(3)4)67-46(78)32(15-10-11-20-55)61-50(82)38(26-41(74)75)65-45(77)34(19-22-87-6)60-44(76)31(56)25-40(72)73/h7-9,13-14,27-29,31-38,42-43,69H,10-12,15-26,55-56H2,1-6H3,(H,60,76)(H,61,82)(H,62,83)(H,63,80)(H,64,81)(H,65,77)(H,66,84)(H,67,78)(H,68,79)(H,70,71)(H,72,73)(H,74,75)(H,85,86)(H4,57,58,59)/t29-,31+,32+,33+,34+,35+,36+,37+,38+,42+,43+/m1/s1. The maximum atomic E-state index is 14.2. The number of carboxylic acids is 4. The van der Waals surface area contributed by atoms with Gasteiger partial charge in [0.15, 0.2) is 5.96 Å². The van der Waals surface area contributed by atoms with Crippen molar-refractivity contribution in [2.75, 3.05) is 25.1 Å². The molecular formula is C54H88N14O18S. The number of nitrogens with zero attached hydrogens (tertiary/aromatic N) is 1. The Balaban J connectivity index is 3.57. The minimum atomic E-state index is -1.91. The van der Waals surface area contributed by atoms with Gasteiger partial charge in [-0.1, -0.05) is 58.0 Å². The van der Waals surface area contributed by atoms with E-state index in [0.717, 1.165) is 6.92 Å². The fourth-order valence-corrected chi connectivity index (χ4v) is 8.80. The number of carbonyl (C=O) groups is 13. The van der Waals surface area contributed by atoms with Crippen molar-refractivity contribution in [3.63, 3.8) is 0 Å². The van der Waals surface area contributed by atoms with Crippen LogP contribution in [0.4, 0.5) is 0 Å². The van der Waals surface area contributed by atoms with E-state index in [1.165, 1.54) is 25.6 Å². The maximum absolute atomic E-state index is 14.2. The van der Waals surface area contributed by atoms with Crippen LogP contribution in [0.25, 0.3) is 0 Å². The van der Waals surface area contributed by atoms with Crippen LogP contribution < -0.4 is 70.8 Å². The van der Waals surface area contributed by atoms with Gasteiger partial charge in [0.1, 0.15) is 54.4 Å². The molecule has 32 nitrogen and oxygen atoms in total. The summed E-state index contributed by atoms with van der Waals surface area (Å²) in [5.41, 5.74) is 22.6. The average Bonchev–Trinajstić information content (AvgIpc) is 3.62. The van der Waals surface area contributed by atoms with Crippen molar-refractivity contribution in [3.05, 3.63) is 35.9 Å². The molecule has 1 aromatic carbocycles. The number of aliphatic imine (C=N–C) groups is 1. The van der Waals surface area contributed by atoms with Crippen LogP contribution in [0.3, 0.4) is 0 Å². The van der Waals surface area contributed by atoms with Crippen LogP contribution in [0.1, 0.15) is 111 Å². The first kappa shape index (κ1) is 76.8. The Morgan fingerprint density at radius 3 is 1.51 bits per heavy atom. The Kier molecular flexibility index (Phi) is 35.6. The number of nitrogens with two attached hydrogens (primary N) is 4. The van der Waals surface area contributed by atoms with Crippen molar-refractivity contribution in [3.8, 4) is 0 Å². The van der Waals surface area contributed by atoms with E-state index in [1.54, 1.807) is 50.4 Å². The summed E-state index contributed by atoms with van der Waals surface area (Å²) in [5, 5.41) is 71.0. The Morgan fingerprint density at radius 1 is 0.517 bits per heavy atom. The third-order valence-corrected chi connectivity index (χ3v) is 13.6. The minimum Gasteiger partial charge on any atom is -0.481 e. The summed E-state index contributed by atoms with van der Waals surface area (Å²) < 4.78 is 0. The van der Waals surface area contributed by atoms with Crippen molar-refractivity contribution in [1.82, 2.24) is 47.9 Å². The number of amides is 9. The molecule has 0 fully saturated rings. The van der Waals surface area contributed by atoms with Crippen molar-refractivity contribution in [1.29, 1.82) is 0 Å². The molecule has 9 amide bonds. The topological polar surface area (TPSA) is 548 Å². The molecule has 0 aliphatic heterocycles. The number of hydrogen-bond donors (Lipinski definition) is 18. The number of guanidine groups is 1. The highest BCUT2D eigenvalue weighted by Crippen LogP contribution is 2.13. The second-order valence-corrected chi connectivity index (χ2v) is 22.3. The molecule has 0 saturated carbocycles. The molecule has 0 heterocycles. The summed E-state index contributed by atoms with van der Waals surface area (Å²) in [6.07, 6.45) is -3.09. The van der Waals surface area contributed by atoms with E-state index in [4.69, 9.17) is 28.0 Å². The van der Waals surface area contributed by atoms with E-state index in [2.05, 4.69) is 52.8 Å². The first-order valence-corrected chi connectivity index (χ1v) is 29.5. The zero-order chi connectivity index (χ0) is 66.1. The van der Waals surface area contributed by atoms with Gasteiger partial charge in [-0.25, -0.2) is 4.79 Å². The predicted octanol–water partition coefficient (Wildman–Crippen LogP) is -4.16. The highest BCUT2D eigenvalue weighted by Gasteiger charge is 2.38. The van der Waals surface area contributed by atoms with E-state index < -0.39 is 175 Å². The summed E-state index contributed by atoms with van der Waals surface area (Å²) in [6, 6.07) is -7.72. The van der Waals surface area contributed by atoms with E-state index in [-0.39, 0.29) is 75.7 Å². The second kappa shape index (κ2) is 40.3. The van der Waals surface area contributed by atoms with Gasteiger partial charge in [0.05, 0.1) is 25.0 Å². The Labute approximate surface area is 507 Å². The number of hydrogen-bond acceptors (Lipinski definition) is 18. The summed E-state index contributed by atoms with van der Waals surface area (Å²) in [6.45, 7) is 7.77. The Hall–Kier alpha value is -8.17. The molecule has 33 heteroatoms. The van der Waals surface area contributed by atoms with Crippen LogP contribution in [-0.4, -0.2) is 200 Å². The minimum absolute atomic E-state index is 0.00438. The van der Waals surface area contributed by atoms with Gasteiger partial charge in [-0.2, -0.15) is 11.8 Å². The summed E-state index contributed by atoms with van der Waals surface area (Å²) in [7, 11) is 0. The molecule has 0 aliphatic rings. The smallest absolute Gasteiger partial charge is 0.326 e. The van der Waals surface area contributed by atoms with Gasteiger partial charge in [0.2, 0.25) is 53.2 Å². The number of aliphatic hydroxyl groups is 1. The predicted molar refractivity (Wildman–Crippen MR) is 316 cm³/mol. The average molecular weight is 1250 g/mol. The van der Waals surface area contributed by atoms with Crippen LogP contribution in [0.5, 0.6) is 0 Å². The van der Waals surface area contributed by atoms with Crippen molar-refractivity contribution < 1.29 is 87.9 Å². The first-order chi connectivity index (χ1) is 40.8. The quantitative estimate of drug-likeness (QED) is 0.0168. The van der Waals surface area contributed by atoms with Crippen LogP contribution in [0.15, 0.2) is 35.3 Å². The zero-order valence-corrected chi connectivity index (χ0v) is 50.5. The number of nitrogens with one attached hydrogen (secondary N) is 9. The van der Waals surface area contributed by atoms with Crippen LogP contribution in [0, 0.1) is 11.8 Å². The molecule has 0 aromatic heterocycles.